The van der Waals surface area contributed by atoms with Gasteiger partial charge in [-0.2, -0.15) is 9.78 Å². The van der Waals surface area contributed by atoms with Gasteiger partial charge in [0.2, 0.25) is 0 Å². The van der Waals surface area contributed by atoms with E-state index in [9.17, 15) is 9.59 Å². The fourth-order valence-corrected chi connectivity index (χ4v) is 3.38. The molecule has 0 aliphatic rings. The van der Waals surface area contributed by atoms with Gasteiger partial charge in [0, 0.05) is 23.1 Å². The number of aromatic nitrogens is 2. The first-order valence-electron chi connectivity index (χ1n) is 9.20. The summed E-state index contributed by atoms with van der Waals surface area (Å²) in [6.45, 7) is 0. The number of carbonyl (C=O) groups excluding carboxylic acids is 1. The summed E-state index contributed by atoms with van der Waals surface area (Å²) >= 11 is 5.96. The largest absolute Gasteiger partial charge is 0.494 e. The van der Waals surface area contributed by atoms with E-state index in [1.807, 2.05) is 0 Å². The quantitative estimate of drug-likeness (QED) is 0.494. The van der Waals surface area contributed by atoms with Crippen molar-refractivity contribution in [2.75, 3.05) is 19.1 Å². The number of ether oxygens (including phenoxy) is 1. The number of amides is 1. The zero-order chi connectivity index (χ0) is 21.3. The minimum absolute atomic E-state index is 0.161. The summed E-state index contributed by atoms with van der Waals surface area (Å²) < 4.78 is 6.60. The van der Waals surface area contributed by atoms with Crippen LogP contribution in [0.25, 0.3) is 16.5 Å². The Labute approximate surface area is 177 Å². The number of rotatable bonds is 4. The first-order chi connectivity index (χ1) is 14.5. The maximum atomic E-state index is 13.4. The number of nitrogens with zero attached hydrogens (tertiary/aromatic N) is 3. The van der Waals surface area contributed by atoms with Gasteiger partial charge in [-0.15, -0.1) is 0 Å². The molecular formula is C23H18ClN3O3. The molecule has 0 radical (unpaired) electrons. The average Bonchev–Trinajstić information content (AvgIpc) is 2.79. The summed E-state index contributed by atoms with van der Waals surface area (Å²) in [5.74, 6) is 0.129. The van der Waals surface area contributed by atoms with Crippen LogP contribution in [0, 0.1) is 0 Å². The van der Waals surface area contributed by atoms with Crippen LogP contribution in [0.2, 0.25) is 5.02 Å². The molecule has 3 aromatic carbocycles. The highest BCUT2D eigenvalue weighted by atomic mass is 35.5. The van der Waals surface area contributed by atoms with Gasteiger partial charge < -0.3 is 9.64 Å². The molecule has 0 saturated heterocycles. The van der Waals surface area contributed by atoms with Crippen molar-refractivity contribution < 1.29 is 9.53 Å². The van der Waals surface area contributed by atoms with Crippen LogP contribution in [-0.2, 0) is 0 Å². The summed E-state index contributed by atoms with van der Waals surface area (Å²) in [7, 11) is 3.17. The Morgan fingerprint density at radius 1 is 0.967 bits per heavy atom. The van der Waals surface area contributed by atoms with Crippen LogP contribution in [-0.4, -0.2) is 29.8 Å². The predicted molar refractivity (Wildman–Crippen MR) is 118 cm³/mol. The van der Waals surface area contributed by atoms with Gasteiger partial charge in [0.15, 0.2) is 5.69 Å². The van der Waals surface area contributed by atoms with Gasteiger partial charge in [-0.05, 0) is 42.5 Å². The van der Waals surface area contributed by atoms with Crippen molar-refractivity contribution in [1.82, 2.24) is 9.78 Å². The molecule has 4 rings (SSSR count). The second-order valence-corrected chi connectivity index (χ2v) is 7.06. The third-order valence-corrected chi connectivity index (χ3v) is 5.09. The molecule has 0 aliphatic heterocycles. The molecule has 0 saturated carbocycles. The summed E-state index contributed by atoms with van der Waals surface area (Å²) in [6, 6.07) is 20.9. The Balaban J connectivity index is 1.93. The van der Waals surface area contributed by atoms with Crippen molar-refractivity contribution in [3.05, 3.63) is 93.9 Å². The van der Waals surface area contributed by atoms with E-state index < -0.39 is 0 Å². The highest BCUT2D eigenvalue weighted by Crippen LogP contribution is 2.24. The Morgan fingerprint density at radius 2 is 1.60 bits per heavy atom. The Kier molecular flexibility index (Phi) is 5.25. The van der Waals surface area contributed by atoms with Gasteiger partial charge in [0.05, 0.1) is 12.5 Å². The van der Waals surface area contributed by atoms with E-state index in [4.69, 9.17) is 16.3 Å². The number of hydrogen-bond donors (Lipinski definition) is 0. The summed E-state index contributed by atoms with van der Waals surface area (Å²) in [6.07, 6.45) is 0. The fourth-order valence-electron chi connectivity index (χ4n) is 3.26. The number of methoxy groups -OCH3 is 1. The normalized spacial score (nSPS) is 10.8. The van der Waals surface area contributed by atoms with Crippen LogP contribution in [0.4, 0.5) is 5.69 Å². The molecule has 0 N–H and O–H groups in total. The van der Waals surface area contributed by atoms with E-state index in [0.29, 0.717) is 32.9 Å². The summed E-state index contributed by atoms with van der Waals surface area (Å²) in [5, 5.41) is 5.91. The lowest BCUT2D eigenvalue weighted by Crippen LogP contribution is -2.31. The zero-order valence-corrected chi connectivity index (χ0v) is 17.1. The van der Waals surface area contributed by atoms with Gasteiger partial charge in [-0.3, -0.25) is 9.59 Å². The summed E-state index contributed by atoms with van der Waals surface area (Å²) in [4.78, 5) is 28.0. The lowest BCUT2D eigenvalue weighted by molar-refractivity contribution is 0.0988. The first kappa shape index (κ1) is 19.7. The highest BCUT2D eigenvalue weighted by Gasteiger charge is 2.22. The molecule has 1 heterocycles. The number of carbonyl (C=O) groups is 1. The van der Waals surface area contributed by atoms with Crippen molar-refractivity contribution in [3.63, 3.8) is 0 Å². The fraction of sp³-hybridized carbons (Fsp3) is 0.0870. The van der Waals surface area contributed by atoms with Crippen LogP contribution in [0.15, 0.2) is 77.6 Å². The number of para-hydroxylation sites is 2. The van der Waals surface area contributed by atoms with E-state index in [1.165, 1.54) is 16.7 Å². The molecule has 150 valence electrons. The van der Waals surface area contributed by atoms with Crippen LogP contribution in [0.5, 0.6) is 5.75 Å². The lowest BCUT2D eigenvalue weighted by Gasteiger charge is -2.19. The van der Waals surface area contributed by atoms with Crippen LogP contribution in [0.3, 0.4) is 0 Å². The SMILES string of the molecule is COc1ccccc1-n1nc(C(=O)N(C)c2ccc(Cl)cc2)c2ccccc2c1=O. The van der Waals surface area contributed by atoms with Crippen LogP contribution >= 0.6 is 11.6 Å². The third-order valence-electron chi connectivity index (χ3n) is 4.84. The zero-order valence-electron chi connectivity index (χ0n) is 16.4. The van der Waals surface area contributed by atoms with Crippen molar-refractivity contribution in [2.45, 2.75) is 0 Å². The van der Waals surface area contributed by atoms with Gasteiger partial charge in [0.1, 0.15) is 11.4 Å². The average molecular weight is 420 g/mol. The monoisotopic (exact) mass is 419 g/mol. The topological polar surface area (TPSA) is 64.4 Å². The molecule has 30 heavy (non-hydrogen) atoms. The number of benzene rings is 3. The van der Waals surface area contributed by atoms with Crippen LogP contribution in [0.1, 0.15) is 10.5 Å². The van der Waals surface area contributed by atoms with Crippen LogP contribution < -0.4 is 15.2 Å². The predicted octanol–water partition coefficient (Wildman–Crippen LogP) is 4.32. The van der Waals surface area contributed by atoms with Crippen molar-refractivity contribution in [1.29, 1.82) is 0 Å². The second-order valence-electron chi connectivity index (χ2n) is 6.62. The minimum Gasteiger partial charge on any atom is -0.494 e. The molecule has 0 bridgehead atoms. The molecule has 1 aromatic heterocycles. The maximum absolute atomic E-state index is 13.4. The maximum Gasteiger partial charge on any atom is 0.279 e. The lowest BCUT2D eigenvalue weighted by atomic mass is 10.1. The number of fused-ring (bicyclic) bond motifs is 1. The minimum atomic E-state index is -0.350. The Hall–Kier alpha value is -3.64. The van der Waals surface area contributed by atoms with E-state index in [2.05, 4.69) is 5.10 Å². The first-order valence-corrected chi connectivity index (χ1v) is 9.58. The number of anilines is 1. The molecule has 0 atom stereocenters. The molecule has 1 amide bonds. The highest BCUT2D eigenvalue weighted by molar-refractivity contribution is 6.30. The number of hydrogen-bond acceptors (Lipinski definition) is 4. The third kappa shape index (κ3) is 3.42. The molecule has 0 aliphatic carbocycles. The molecule has 0 unspecified atom stereocenters. The standard InChI is InChI=1S/C23H18ClN3O3/c1-26(16-13-11-15(24)12-14-16)23(29)21-17-7-3-4-8-18(17)22(28)27(25-21)19-9-5-6-10-20(19)30-2/h3-14H,1-2H3. The second kappa shape index (κ2) is 8.00. The summed E-state index contributed by atoms with van der Waals surface area (Å²) in [5.41, 5.74) is 0.943. The Morgan fingerprint density at radius 3 is 2.30 bits per heavy atom. The molecule has 0 fully saturated rings. The molecule has 7 heteroatoms. The van der Waals surface area contributed by atoms with E-state index in [-0.39, 0.29) is 17.2 Å². The molecular weight excluding hydrogens is 402 g/mol. The van der Waals surface area contributed by atoms with Gasteiger partial charge in [-0.1, -0.05) is 41.9 Å². The van der Waals surface area contributed by atoms with Gasteiger partial charge >= 0.3 is 0 Å². The Bertz CT molecular complexity index is 1300. The van der Waals surface area contributed by atoms with Gasteiger partial charge in [0.25, 0.3) is 11.5 Å². The smallest absolute Gasteiger partial charge is 0.279 e. The van der Waals surface area contributed by atoms with E-state index >= 15 is 0 Å². The molecule has 4 aromatic rings. The molecule has 6 nitrogen and oxygen atoms in total. The van der Waals surface area contributed by atoms with E-state index in [1.54, 1.807) is 79.8 Å². The van der Waals surface area contributed by atoms with Gasteiger partial charge in [-0.25, -0.2) is 0 Å². The number of halogens is 1. The van der Waals surface area contributed by atoms with Crippen molar-refractivity contribution in [2.24, 2.45) is 0 Å². The van der Waals surface area contributed by atoms with E-state index in [0.717, 1.165) is 0 Å². The van der Waals surface area contributed by atoms with Crippen molar-refractivity contribution >= 4 is 34.0 Å². The van der Waals surface area contributed by atoms with Crippen molar-refractivity contribution in [3.8, 4) is 11.4 Å². The molecule has 0 spiro atoms.